The Morgan fingerprint density at radius 1 is 0.865 bits per heavy atom. The number of piperidine rings is 1. The van der Waals surface area contributed by atoms with Crippen molar-refractivity contribution >= 4 is 27.3 Å². The molecule has 0 bridgehead atoms. The predicted octanol–water partition coefficient (Wildman–Crippen LogP) is 3.72. The number of benzene rings is 2. The van der Waals surface area contributed by atoms with Crippen LogP contribution >= 0.6 is 0 Å². The van der Waals surface area contributed by atoms with Gasteiger partial charge < -0.3 is 9.80 Å². The first-order valence-electron chi connectivity index (χ1n) is 13.4. The molecule has 0 unspecified atom stereocenters. The highest BCUT2D eigenvalue weighted by Gasteiger charge is 2.55. The third-order valence-corrected chi connectivity index (χ3v) is 10.6. The van der Waals surface area contributed by atoms with Crippen molar-refractivity contribution in [2.75, 3.05) is 49.1 Å². The molecule has 37 heavy (non-hydrogen) atoms. The van der Waals surface area contributed by atoms with Crippen LogP contribution in [0.4, 0.5) is 11.4 Å². The van der Waals surface area contributed by atoms with E-state index in [-0.39, 0.29) is 12.8 Å². The summed E-state index contributed by atoms with van der Waals surface area (Å²) in [6.07, 6.45) is 4.95. The fourth-order valence-corrected chi connectivity index (χ4v) is 7.59. The number of hydrogen-bond donors (Lipinski definition) is 2. The van der Waals surface area contributed by atoms with Crippen LogP contribution in [0.25, 0.3) is 0 Å². The molecular formula is C28H40N4O4S. The molecule has 0 radical (unpaired) electrons. The molecule has 2 aromatic carbocycles. The Morgan fingerprint density at radius 3 is 1.95 bits per heavy atom. The Hall–Kier alpha value is -2.62. The summed E-state index contributed by atoms with van der Waals surface area (Å²) in [6.45, 7) is 6.79. The molecule has 0 saturated carbocycles. The molecule has 2 N–H and O–H groups in total. The van der Waals surface area contributed by atoms with Crippen LogP contribution in [0.1, 0.15) is 50.2 Å². The quantitative estimate of drug-likeness (QED) is 0.293. The van der Waals surface area contributed by atoms with Crippen molar-refractivity contribution in [3.8, 4) is 0 Å². The molecule has 2 aromatic rings. The van der Waals surface area contributed by atoms with Crippen molar-refractivity contribution in [1.29, 1.82) is 0 Å². The fourth-order valence-electron chi connectivity index (χ4n) is 5.47. The highest BCUT2D eigenvalue weighted by Crippen LogP contribution is 2.36. The standard InChI is InChI=1S/C28H40N4O4S/c1-3-4-5-6-24-9-13-26(14-10-24)31-19-21-32(22-20-31)37(35,36)28(27(33)29-34)15-17-30(18-16-28)25-11-7-23(2)8-12-25/h7-14,34H,3-6,15-22H2,1-2H3,(H,29,33). The Balaban J connectivity index is 1.42. The molecule has 2 saturated heterocycles. The van der Waals surface area contributed by atoms with Gasteiger partial charge >= 0.3 is 0 Å². The van der Waals surface area contributed by atoms with Crippen molar-refractivity contribution in [1.82, 2.24) is 9.79 Å². The first-order valence-corrected chi connectivity index (χ1v) is 14.8. The molecule has 2 aliphatic heterocycles. The van der Waals surface area contributed by atoms with Crippen molar-refractivity contribution in [3.05, 3.63) is 59.7 Å². The van der Waals surface area contributed by atoms with Gasteiger partial charge in [-0.3, -0.25) is 10.0 Å². The normalized spacial score (nSPS) is 18.6. The van der Waals surface area contributed by atoms with Crippen LogP contribution in [0.3, 0.4) is 0 Å². The first kappa shape index (κ1) is 27.4. The van der Waals surface area contributed by atoms with Crippen molar-refractivity contribution in [2.24, 2.45) is 0 Å². The lowest BCUT2D eigenvalue weighted by atomic mass is 9.94. The van der Waals surface area contributed by atoms with E-state index in [1.807, 2.05) is 31.2 Å². The summed E-state index contributed by atoms with van der Waals surface area (Å²) in [5, 5.41) is 9.50. The zero-order chi connectivity index (χ0) is 26.5. The maximum Gasteiger partial charge on any atom is 0.266 e. The minimum atomic E-state index is -3.99. The van der Waals surface area contributed by atoms with Gasteiger partial charge in [-0.2, -0.15) is 4.31 Å². The van der Waals surface area contributed by atoms with Crippen LogP contribution in [0, 0.1) is 6.92 Å². The van der Waals surface area contributed by atoms with E-state index < -0.39 is 20.7 Å². The zero-order valence-corrected chi connectivity index (χ0v) is 22.8. The molecule has 0 spiro atoms. The molecule has 2 heterocycles. The van der Waals surface area contributed by atoms with Gasteiger partial charge in [0, 0.05) is 50.6 Å². The number of amides is 1. The fraction of sp³-hybridized carbons (Fsp3) is 0.536. The minimum Gasteiger partial charge on any atom is -0.371 e. The maximum absolute atomic E-state index is 13.9. The number of nitrogens with zero attached hydrogens (tertiary/aromatic N) is 3. The van der Waals surface area contributed by atoms with Gasteiger partial charge in [-0.05, 0) is 62.4 Å². The van der Waals surface area contributed by atoms with E-state index >= 15 is 0 Å². The Labute approximate surface area is 221 Å². The maximum atomic E-state index is 13.9. The van der Waals surface area contributed by atoms with Crippen LogP contribution in [0.5, 0.6) is 0 Å². The third-order valence-electron chi connectivity index (χ3n) is 7.93. The lowest BCUT2D eigenvalue weighted by Crippen LogP contribution is -2.63. The lowest BCUT2D eigenvalue weighted by Gasteiger charge is -2.44. The number of unbranched alkanes of at least 4 members (excludes halogenated alkanes) is 2. The second-order valence-electron chi connectivity index (χ2n) is 10.3. The van der Waals surface area contributed by atoms with Crippen molar-refractivity contribution in [3.63, 3.8) is 0 Å². The van der Waals surface area contributed by atoms with E-state index in [1.165, 1.54) is 29.1 Å². The number of aryl methyl sites for hydroxylation is 2. The van der Waals surface area contributed by atoms with Gasteiger partial charge in [-0.1, -0.05) is 49.6 Å². The number of carbonyl (C=O) groups is 1. The summed E-state index contributed by atoms with van der Waals surface area (Å²) in [5.41, 5.74) is 6.24. The summed E-state index contributed by atoms with van der Waals surface area (Å²) < 4.78 is 27.5. The van der Waals surface area contributed by atoms with Crippen LogP contribution < -0.4 is 15.3 Å². The average molecular weight is 529 g/mol. The summed E-state index contributed by atoms with van der Waals surface area (Å²) in [5.74, 6) is -0.836. The van der Waals surface area contributed by atoms with Crippen molar-refractivity contribution in [2.45, 2.75) is 57.1 Å². The molecule has 4 rings (SSSR count). The summed E-state index contributed by atoms with van der Waals surface area (Å²) in [6, 6.07) is 16.6. The van der Waals surface area contributed by atoms with Crippen LogP contribution in [-0.2, 0) is 21.2 Å². The highest BCUT2D eigenvalue weighted by atomic mass is 32.2. The monoisotopic (exact) mass is 528 g/mol. The zero-order valence-electron chi connectivity index (χ0n) is 22.0. The highest BCUT2D eigenvalue weighted by molar-refractivity contribution is 7.91. The van der Waals surface area contributed by atoms with E-state index in [2.05, 4.69) is 41.0 Å². The number of sulfonamides is 1. The van der Waals surface area contributed by atoms with Gasteiger partial charge in [0.05, 0.1) is 0 Å². The lowest BCUT2D eigenvalue weighted by molar-refractivity contribution is -0.132. The number of carbonyl (C=O) groups excluding carboxylic acids is 1. The van der Waals surface area contributed by atoms with E-state index in [1.54, 1.807) is 5.48 Å². The van der Waals surface area contributed by atoms with E-state index in [0.29, 0.717) is 39.3 Å². The molecule has 2 aliphatic rings. The smallest absolute Gasteiger partial charge is 0.266 e. The second kappa shape index (κ2) is 11.8. The molecule has 1 amide bonds. The van der Waals surface area contributed by atoms with E-state index in [4.69, 9.17) is 0 Å². The van der Waals surface area contributed by atoms with Gasteiger partial charge in [0.1, 0.15) is 0 Å². The van der Waals surface area contributed by atoms with E-state index in [0.717, 1.165) is 23.4 Å². The number of piperazine rings is 1. The topological polar surface area (TPSA) is 93.2 Å². The van der Waals surface area contributed by atoms with Gasteiger partial charge in [-0.25, -0.2) is 13.9 Å². The minimum absolute atomic E-state index is 0.120. The Bertz CT molecular complexity index is 1140. The Morgan fingerprint density at radius 2 is 1.41 bits per heavy atom. The Kier molecular flexibility index (Phi) is 8.77. The molecule has 0 aromatic heterocycles. The van der Waals surface area contributed by atoms with Crippen molar-refractivity contribution < 1.29 is 18.4 Å². The van der Waals surface area contributed by atoms with Gasteiger partial charge in [-0.15, -0.1) is 0 Å². The molecule has 0 aliphatic carbocycles. The molecule has 2 fully saturated rings. The largest absolute Gasteiger partial charge is 0.371 e. The average Bonchev–Trinajstić information content (AvgIpc) is 2.93. The predicted molar refractivity (Wildman–Crippen MR) is 148 cm³/mol. The third kappa shape index (κ3) is 5.78. The number of rotatable bonds is 9. The first-order chi connectivity index (χ1) is 17.8. The summed E-state index contributed by atoms with van der Waals surface area (Å²) >= 11 is 0. The van der Waals surface area contributed by atoms with Crippen LogP contribution in [0.2, 0.25) is 0 Å². The van der Waals surface area contributed by atoms with Crippen LogP contribution in [0.15, 0.2) is 48.5 Å². The molecule has 202 valence electrons. The molecule has 8 nitrogen and oxygen atoms in total. The number of hydrogen-bond acceptors (Lipinski definition) is 6. The summed E-state index contributed by atoms with van der Waals surface area (Å²) in [4.78, 5) is 17.2. The molecular weight excluding hydrogens is 488 g/mol. The van der Waals surface area contributed by atoms with Crippen LogP contribution in [-0.4, -0.2) is 67.9 Å². The number of nitrogens with one attached hydrogen (secondary N) is 1. The SMILES string of the molecule is CCCCCc1ccc(N2CCN(S(=O)(=O)C3(C(=O)NO)CCN(c4ccc(C)cc4)CC3)CC2)cc1. The molecule has 9 heteroatoms. The van der Waals surface area contributed by atoms with Gasteiger partial charge in [0.2, 0.25) is 10.0 Å². The number of hydroxylamine groups is 1. The molecule has 0 atom stereocenters. The number of anilines is 2. The second-order valence-corrected chi connectivity index (χ2v) is 12.5. The van der Waals surface area contributed by atoms with E-state index in [9.17, 15) is 18.4 Å². The van der Waals surface area contributed by atoms with Gasteiger partial charge in [0.15, 0.2) is 4.75 Å². The van der Waals surface area contributed by atoms with Gasteiger partial charge in [0.25, 0.3) is 5.91 Å². The summed E-state index contributed by atoms with van der Waals surface area (Å²) in [7, 11) is -3.99.